The summed E-state index contributed by atoms with van der Waals surface area (Å²) in [6.45, 7) is 4.08. The molecular formula is C18H22O. The van der Waals surface area contributed by atoms with Crippen LogP contribution in [0, 0.1) is 0 Å². The van der Waals surface area contributed by atoms with E-state index in [4.69, 9.17) is 4.74 Å². The zero-order valence-corrected chi connectivity index (χ0v) is 11.8. The Morgan fingerprint density at radius 1 is 0.789 bits per heavy atom. The van der Waals surface area contributed by atoms with E-state index in [0.29, 0.717) is 0 Å². The number of allylic oxidation sites excluding steroid dienone is 6. The van der Waals surface area contributed by atoms with Gasteiger partial charge in [0.25, 0.3) is 0 Å². The van der Waals surface area contributed by atoms with Gasteiger partial charge in [0.1, 0.15) is 11.2 Å². The van der Waals surface area contributed by atoms with Crippen LogP contribution in [0.1, 0.15) is 26.7 Å². The van der Waals surface area contributed by atoms with E-state index in [-0.39, 0.29) is 11.2 Å². The smallest absolute Gasteiger partial charge is 0.110 e. The van der Waals surface area contributed by atoms with Crippen molar-refractivity contribution in [3.63, 3.8) is 0 Å². The summed E-state index contributed by atoms with van der Waals surface area (Å²) in [5.74, 6) is 0. The minimum absolute atomic E-state index is 0.335. The summed E-state index contributed by atoms with van der Waals surface area (Å²) in [6.07, 6.45) is 27.1. The molecule has 0 heterocycles. The second kappa shape index (κ2) is 6.03. The van der Waals surface area contributed by atoms with Crippen LogP contribution < -0.4 is 0 Å². The molecule has 100 valence electrons. The Morgan fingerprint density at radius 3 is 1.58 bits per heavy atom. The van der Waals surface area contributed by atoms with Crippen LogP contribution in [-0.4, -0.2) is 11.2 Å². The lowest BCUT2D eigenvalue weighted by Crippen LogP contribution is -2.40. The Hall–Kier alpha value is -1.60. The molecule has 2 rings (SSSR count). The highest BCUT2D eigenvalue weighted by molar-refractivity contribution is 5.30. The Balaban J connectivity index is 2.29. The van der Waals surface area contributed by atoms with E-state index in [1.807, 2.05) is 13.8 Å². The Kier molecular flexibility index (Phi) is 4.39. The molecule has 0 fully saturated rings. The summed E-state index contributed by atoms with van der Waals surface area (Å²) in [5.41, 5.74) is -0.670. The first-order valence-electron chi connectivity index (χ1n) is 6.91. The van der Waals surface area contributed by atoms with Crippen LogP contribution >= 0.6 is 0 Å². The van der Waals surface area contributed by atoms with Gasteiger partial charge in [-0.3, -0.25) is 0 Å². The predicted molar refractivity (Wildman–Crippen MR) is 82.0 cm³/mol. The molecule has 0 saturated carbocycles. The monoisotopic (exact) mass is 254 g/mol. The molecule has 0 radical (unpaired) electrons. The van der Waals surface area contributed by atoms with Gasteiger partial charge < -0.3 is 4.74 Å². The molecule has 0 bridgehead atoms. The van der Waals surface area contributed by atoms with Gasteiger partial charge in [-0.1, -0.05) is 60.8 Å². The van der Waals surface area contributed by atoms with Crippen LogP contribution in [0.25, 0.3) is 0 Å². The Morgan fingerprint density at radius 2 is 1.26 bits per heavy atom. The van der Waals surface area contributed by atoms with Crippen LogP contribution in [0.3, 0.4) is 0 Å². The summed E-state index contributed by atoms with van der Waals surface area (Å²) in [5, 5.41) is 0. The summed E-state index contributed by atoms with van der Waals surface area (Å²) < 4.78 is 6.54. The normalized spacial score (nSPS) is 33.8. The fourth-order valence-corrected chi connectivity index (χ4v) is 2.62. The van der Waals surface area contributed by atoms with Crippen molar-refractivity contribution in [3.8, 4) is 0 Å². The van der Waals surface area contributed by atoms with Crippen molar-refractivity contribution >= 4 is 0 Å². The van der Waals surface area contributed by atoms with Gasteiger partial charge >= 0.3 is 0 Å². The minimum atomic E-state index is -0.335. The maximum atomic E-state index is 6.54. The maximum Gasteiger partial charge on any atom is 0.110 e. The van der Waals surface area contributed by atoms with Gasteiger partial charge in [-0.15, -0.1) is 0 Å². The number of rotatable bonds is 4. The molecule has 0 aliphatic heterocycles. The molecule has 0 aromatic rings. The molecule has 0 amide bonds. The lowest BCUT2D eigenvalue weighted by molar-refractivity contribution is -0.0534. The average Bonchev–Trinajstić information content (AvgIpc) is 2.41. The lowest BCUT2D eigenvalue weighted by atomic mass is 9.89. The zero-order valence-electron chi connectivity index (χ0n) is 11.8. The summed E-state index contributed by atoms with van der Waals surface area (Å²) >= 11 is 0. The maximum absolute atomic E-state index is 6.54. The van der Waals surface area contributed by atoms with Gasteiger partial charge in [0.05, 0.1) is 0 Å². The molecule has 0 saturated heterocycles. The average molecular weight is 254 g/mol. The molecule has 2 aliphatic carbocycles. The number of hydrogen-bond donors (Lipinski definition) is 0. The molecule has 2 atom stereocenters. The SMILES string of the molecule is CC=CC1(OC2(C=CC)C=CC=CC2)C=CC=CC1. The van der Waals surface area contributed by atoms with E-state index in [1.165, 1.54) is 0 Å². The van der Waals surface area contributed by atoms with Crippen molar-refractivity contribution in [2.24, 2.45) is 0 Å². The minimum Gasteiger partial charge on any atom is -0.351 e. The van der Waals surface area contributed by atoms with E-state index in [0.717, 1.165) is 12.8 Å². The molecule has 0 spiro atoms. The van der Waals surface area contributed by atoms with E-state index in [9.17, 15) is 0 Å². The van der Waals surface area contributed by atoms with E-state index < -0.39 is 0 Å². The standard InChI is InChI=1S/C18H22O/c1-3-11-17(13-7-5-8-14-17)19-18(12-4-2)15-9-6-10-16-18/h3-13,15H,14,16H2,1-2H3. The predicted octanol–water partition coefficient (Wildman–Crippen LogP) is 4.67. The van der Waals surface area contributed by atoms with Gasteiger partial charge in [0.15, 0.2) is 0 Å². The molecule has 1 nitrogen and oxygen atoms in total. The van der Waals surface area contributed by atoms with Crippen LogP contribution in [0.2, 0.25) is 0 Å². The highest BCUT2D eigenvalue weighted by Crippen LogP contribution is 2.35. The molecule has 2 aliphatic rings. The third-order valence-corrected chi connectivity index (χ3v) is 3.40. The van der Waals surface area contributed by atoms with Gasteiger partial charge in [0.2, 0.25) is 0 Å². The van der Waals surface area contributed by atoms with Crippen LogP contribution in [0.5, 0.6) is 0 Å². The van der Waals surface area contributed by atoms with Crippen molar-refractivity contribution in [2.45, 2.75) is 37.9 Å². The molecule has 0 aromatic carbocycles. The van der Waals surface area contributed by atoms with Gasteiger partial charge in [-0.2, -0.15) is 0 Å². The fourth-order valence-electron chi connectivity index (χ4n) is 2.62. The summed E-state index contributed by atoms with van der Waals surface area (Å²) in [6, 6.07) is 0. The van der Waals surface area contributed by atoms with Gasteiger partial charge in [-0.05, 0) is 26.0 Å². The molecule has 0 N–H and O–H groups in total. The van der Waals surface area contributed by atoms with Crippen molar-refractivity contribution in [1.82, 2.24) is 0 Å². The van der Waals surface area contributed by atoms with Crippen molar-refractivity contribution in [3.05, 3.63) is 72.9 Å². The highest BCUT2D eigenvalue weighted by atomic mass is 16.5. The van der Waals surface area contributed by atoms with E-state index in [1.54, 1.807) is 0 Å². The van der Waals surface area contributed by atoms with Crippen LogP contribution in [-0.2, 0) is 4.74 Å². The molecule has 19 heavy (non-hydrogen) atoms. The van der Waals surface area contributed by atoms with Crippen molar-refractivity contribution in [1.29, 1.82) is 0 Å². The topological polar surface area (TPSA) is 9.23 Å². The fraction of sp³-hybridized carbons (Fsp3) is 0.333. The Labute approximate surface area is 116 Å². The van der Waals surface area contributed by atoms with Crippen LogP contribution in [0.4, 0.5) is 0 Å². The van der Waals surface area contributed by atoms with Gasteiger partial charge in [0, 0.05) is 12.8 Å². The van der Waals surface area contributed by atoms with Crippen LogP contribution in [0.15, 0.2) is 72.9 Å². The van der Waals surface area contributed by atoms with E-state index >= 15 is 0 Å². The molecule has 0 aromatic heterocycles. The third-order valence-electron chi connectivity index (χ3n) is 3.40. The first kappa shape index (κ1) is 13.8. The third kappa shape index (κ3) is 3.24. The summed E-state index contributed by atoms with van der Waals surface area (Å²) in [4.78, 5) is 0. The molecular weight excluding hydrogens is 232 g/mol. The second-order valence-electron chi connectivity index (χ2n) is 4.99. The lowest BCUT2D eigenvalue weighted by Gasteiger charge is -2.39. The Bertz CT molecular complexity index is 432. The zero-order chi connectivity index (χ0) is 13.6. The summed E-state index contributed by atoms with van der Waals surface area (Å²) in [7, 11) is 0. The van der Waals surface area contributed by atoms with Crippen molar-refractivity contribution < 1.29 is 4.74 Å². The van der Waals surface area contributed by atoms with Crippen molar-refractivity contribution in [2.75, 3.05) is 0 Å². The highest BCUT2D eigenvalue weighted by Gasteiger charge is 2.35. The molecule has 1 heteroatoms. The largest absolute Gasteiger partial charge is 0.351 e. The van der Waals surface area contributed by atoms with Gasteiger partial charge in [-0.25, -0.2) is 0 Å². The number of ether oxygens (including phenoxy) is 1. The van der Waals surface area contributed by atoms with E-state index in [2.05, 4.69) is 72.9 Å². The first-order chi connectivity index (χ1) is 9.24. The first-order valence-corrected chi connectivity index (χ1v) is 6.91. The molecule has 2 unspecified atom stereocenters. The second-order valence-corrected chi connectivity index (χ2v) is 4.99. The quantitative estimate of drug-likeness (QED) is 0.663. The number of hydrogen-bond acceptors (Lipinski definition) is 1.